The first kappa shape index (κ1) is 12.9. The van der Waals surface area contributed by atoms with E-state index in [1.807, 2.05) is 6.92 Å². The fourth-order valence-corrected chi connectivity index (χ4v) is 2.52. The average molecular weight is 265 g/mol. The first-order valence-electron chi connectivity index (χ1n) is 7.14. The first-order chi connectivity index (χ1) is 9.55. The van der Waals surface area contributed by atoms with Crippen LogP contribution in [0.25, 0.3) is 11.3 Å². The lowest BCUT2D eigenvalue weighted by Gasteiger charge is -2.06. The van der Waals surface area contributed by atoms with Crippen molar-refractivity contribution in [1.29, 1.82) is 5.26 Å². The summed E-state index contributed by atoms with van der Waals surface area (Å²) in [6, 6.07) is 10.9. The number of imidazole rings is 1. The van der Waals surface area contributed by atoms with Crippen molar-refractivity contribution in [3.05, 3.63) is 41.3 Å². The average Bonchev–Trinajstić information content (AvgIpc) is 3.16. The molecule has 20 heavy (non-hydrogen) atoms. The van der Waals surface area contributed by atoms with E-state index in [9.17, 15) is 5.26 Å². The zero-order valence-electron chi connectivity index (χ0n) is 12.2. The molecule has 1 aromatic carbocycles. The number of nitrogens with zero attached hydrogens (tertiary/aromatic N) is 2. The number of nitrogens with one attached hydrogen (secondary N) is 1. The molecular formula is C17H19N3. The van der Waals surface area contributed by atoms with Gasteiger partial charge < -0.3 is 4.98 Å². The van der Waals surface area contributed by atoms with Crippen LogP contribution in [0, 0.1) is 18.3 Å². The van der Waals surface area contributed by atoms with Gasteiger partial charge in [-0.05, 0) is 31.2 Å². The maximum atomic E-state index is 9.27. The Balaban J connectivity index is 1.97. The summed E-state index contributed by atoms with van der Waals surface area (Å²) in [4.78, 5) is 7.98. The number of benzene rings is 1. The van der Waals surface area contributed by atoms with Crippen LogP contribution < -0.4 is 0 Å². The monoisotopic (exact) mass is 265 g/mol. The Morgan fingerprint density at radius 1 is 1.25 bits per heavy atom. The molecule has 1 saturated carbocycles. The third-order valence-electron chi connectivity index (χ3n) is 4.15. The molecule has 1 heterocycles. The number of rotatable bonds is 3. The third-order valence-corrected chi connectivity index (χ3v) is 4.15. The molecule has 2 aromatic rings. The minimum Gasteiger partial charge on any atom is -0.344 e. The second-order valence-corrected chi connectivity index (χ2v) is 6.03. The molecule has 0 atom stereocenters. The summed E-state index contributed by atoms with van der Waals surface area (Å²) in [5.74, 6) is 1.37. The lowest BCUT2D eigenvalue weighted by molar-refractivity contribution is 0.818. The highest BCUT2D eigenvalue weighted by Gasteiger charge is 2.48. The Labute approximate surface area is 119 Å². The molecular weight excluding hydrogens is 246 g/mol. The minimum atomic E-state index is -0.346. The topological polar surface area (TPSA) is 52.5 Å². The van der Waals surface area contributed by atoms with Crippen molar-refractivity contribution < 1.29 is 0 Å². The number of hydrogen-bond donors (Lipinski definition) is 1. The van der Waals surface area contributed by atoms with E-state index >= 15 is 0 Å². The minimum absolute atomic E-state index is 0.346. The van der Waals surface area contributed by atoms with Gasteiger partial charge in [0.25, 0.3) is 0 Å². The van der Waals surface area contributed by atoms with Crippen LogP contribution in [0.5, 0.6) is 0 Å². The Hall–Kier alpha value is -2.08. The summed E-state index contributed by atoms with van der Waals surface area (Å²) in [7, 11) is 0. The standard InChI is InChI=1S/C17H19N3/c1-11(2)13-4-6-14(7-5-13)15-12(3)19-16(20-15)17(10-18)8-9-17/h4-7,11H,8-9H2,1-3H3,(H,19,20). The van der Waals surface area contributed by atoms with Gasteiger partial charge >= 0.3 is 0 Å². The van der Waals surface area contributed by atoms with Gasteiger partial charge in [0.2, 0.25) is 0 Å². The van der Waals surface area contributed by atoms with Crippen molar-refractivity contribution in [2.75, 3.05) is 0 Å². The highest BCUT2D eigenvalue weighted by molar-refractivity contribution is 5.63. The van der Waals surface area contributed by atoms with Crippen LogP contribution in [-0.4, -0.2) is 9.97 Å². The normalized spacial score (nSPS) is 16.1. The summed E-state index contributed by atoms with van der Waals surface area (Å²) in [5, 5.41) is 9.27. The number of nitriles is 1. The molecule has 1 aromatic heterocycles. The lowest BCUT2D eigenvalue weighted by atomic mass is 10.0. The molecule has 0 unspecified atom stereocenters. The van der Waals surface area contributed by atoms with Crippen molar-refractivity contribution in [3.8, 4) is 17.3 Å². The van der Waals surface area contributed by atoms with Crippen molar-refractivity contribution in [1.82, 2.24) is 9.97 Å². The van der Waals surface area contributed by atoms with E-state index in [1.54, 1.807) is 0 Å². The van der Waals surface area contributed by atoms with Crippen molar-refractivity contribution in [2.45, 2.75) is 44.9 Å². The number of H-pyrrole nitrogens is 1. The smallest absolute Gasteiger partial charge is 0.127 e. The zero-order chi connectivity index (χ0) is 14.3. The second kappa shape index (κ2) is 4.49. The number of hydrogen-bond acceptors (Lipinski definition) is 2. The fraction of sp³-hybridized carbons (Fsp3) is 0.412. The molecule has 0 aliphatic heterocycles. The van der Waals surface area contributed by atoms with E-state index in [0.717, 1.165) is 35.6 Å². The molecule has 102 valence electrons. The third kappa shape index (κ3) is 2.02. The highest BCUT2D eigenvalue weighted by Crippen LogP contribution is 2.46. The van der Waals surface area contributed by atoms with E-state index in [2.05, 4.69) is 54.2 Å². The molecule has 1 aliphatic carbocycles. The van der Waals surface area contributed by atoms with Crippen molar-refractivity contribution in [3.63, 3.8) is 0 Å². The Morgan fingerprint density at radius 2 is 1.90 bits per heavy atom. The fourth-order valence-electron chi connectivity index (χ4n) is 2.52. The molecule has 1 aliphatic rings. The molecule has 0 spiro atoms. The van der Waals surface area contributed by atoms with Crippen LogP contribution in [-0.2, 0) is 5.41 Å². The molecule has 3 heteroatoms. The van der Waals surface area contributed by atoms with Crippen LogP contribution in [0.1, 0.15) is 49.7 Å². The molecule has 3 nitrogen and oxygen atoms in total. The summed E-state index contributed by atoms with van der Waals surface area (Å²) in [6.07, 6.45) is 1.84. The lowest BCUT2D eigenvalue weighted by Crippen LogP contribution is -2.04. The van der Waals surface area contributed by atoms with E-state index < -0.39 is 0 Å². The van der Waals surface area contributed by atoms with E-state index in [-0.39, 0.29) is 5.41 Å². The van der Waals surface area contributed by atoms with Gasteiger partial charge in [0.1, 0.15) is 11.2 Å². The Kier molecular flexibility index (Phi) is 2.90. The zero-order valence-corrected chi connectivity index (χ0v) is 12.2. The molecule has 1 fully saturated rings. The summed E-state index contributed by atoms with van der Waals surface area (Å²) in [6.45, 7) is 6.41. The Bertz CT molecular complexity index is 667. The first-order valence-corrected chi connectivity index (χ1v) is 7.14. The molecule has 0 bridgehead atoms. The van der Waals surface area contributed by atoms with Crippen LogP contribution in [0.2, 0.25) is 0 Å². The molecule has 0 radical (unpaired) electrons. The maximum Gasteiger partial charge on any atom is 0.127 e. The van der Waals surface area contributed by atoms with Gasteiger partial charge in [0.15, 0.2) is 0 Å². The van der Waals surface area contributed by atoms with Gasteiger partial charge in [-0.15, -0.1) is 0 Å². The van der Waals surface area contributed by atoms with E-state index in [0.29, 0.717) is 5.92 Å². The molecule has 0 amide bonds. The highest BCUT2D eigenvalue weighted by atomic mass is 15.0. The van der Waals surface area contributed by atoms with Crippen molar-refractivity contribution >= 4 is 0 Å². The molecule has 3 rings (SSSR count). The van der Waals surface area contributed by atoms with Gasteiger partial charge in [-0.1, -0.05) is 38.1 Å². The van der Waals surface area contributed by atoms with Gasteiger partial charge in [-0.3, -0.25) is 0 Å². The molecule has 0 saturated heterocycles. The number of aromatic amines is 1. The number of aryl methyl sites for hydroxylation is 1. The van der Waals surface area contributed by atoms with Crippen LogP contribution in [0.4, 0.5) is 0 Å². The van der Waals surface area contributed by atoms with Gasteiger partial charge in [0, 0.05) is 11.3 Å². The quantitative estimate of drug-likeness (QED) is 0.909. The van der Waals surface area contributed by atoms with E-state index in [4.69, 9.17) is 0 Å². The summed E-state index contributed by atoms with van der Waals surface area (Å²) < 4.78 is 0. The summed E-state index contributed by atoms with van der Waals surface area (Å²) in [5.41, 5.74) is 4.11. The van der Waals surface area contributed by atoms with Crippen LogP contribution in [0.3, 0.4) is 0 Å². The predicted octanol–water partition coefficient (Wildman–Crippen LogP) is 4.06. The number of aromatic nitrogens is 2. The van der Waals surface area contributed by atoms with Gasteiger partial charge in [0.05, 0.1) is 11.8 Å². The van der Waals surface area contributed by atoms with Crippen LogP contribution in [0.15, 0.2) is 24.3 Å². The largest absolute Gasteiger partial charge is 0.344 e. The Morgan fingerprint density at radius 3 is 2.40 bits per heavy atom. The second-order valence-electron chi connectivity index (χ2n) is 6.03. The van der Waals surface area contributed by atoms with Crippen molar-refractivity contribution in [2.24, 2.45) is 0 Å². The van der Waals surface area contributed by atoms with Gasteiger partial charge in [-0.25, -0.2) is 4.98 Å². The van der Waals surface area contributed by atoms with Crippen LogP contribution >= 0.6 is 0 Å². The molecule has 1 N–H and O–H groups in total. The van der Waals surface area contributed by atoms with E-state index in [1.165, 1.54) is 5.56 Å². The summed E-state index contributed by atoms with van der Waals surface area (Å²) >= 11 is 0. The SMILES string of the molecule is Cc1[nH]c(C2(C#N)CC2)nc1-c1ccc(C(C)C)cc1. The predicted molar refractivity (Wildman–Crippen MR) is 79.4 cm³/mol. The van der Waals surface area contributed by atoms with Gasteiger partial charge in [-0.2, -0.15) is 5.26 Å². The maximum absolute atomic E-state index is 9.27.